The fourth-order valence-electron chi connectivity index (χ4n) is 2.60. The lowest BCUT2D eigenvalue weighted by atomic mass is 10.1. The zero-order valence-electron chi connectivity index (χ0n) is 14.0. The average molecular weight is 339 g/mol. The quantitative estimate of drug-likeness (QED) is 0.765. The van der Waals surface area contributed by atoms with Crippen LogP contribution in [0.2, 0.25) is 0 Å². The molecular weight excluding hydrogens is 321 g/mol. The topological polar surface area (TPSA) is 85.8 Å². The van der Waals surface area contributed by atoms with Gasteiger partial charge in [0.2, 0.25) is 0 Å². The van der Waals surface area contributed by atoms with Gasteiger partial charge in [0, 0.05) is 5.69 Å². The fraction of sp³-hybridized carbons (Fsp3) is 0.167. The molecule has 0 spiro atoms. The van der Waals surface area contributed by atoms with Crippen LogP contribution in [0.25, 0.3) is 5.69 Å². The first-order valence-electron chi connectivity index (χ1n) is 7.88. The van der Waals surface area contributed by atoms with Crippen molar-refractivity contribution in [2.45, 2.75) is 20.3 Å². The van der Waals surface area contributed by atoms with Crippen LogP contribution in [-0.4, -0.2) is 20.9 Å². The van der Waals surface area contributed by atoms with E-state index in [4.69, 9.17) is 5.73 Å². The number of carbonyl (C=O) groups excluding carboxylic acids is 1. The number of aryl methyl sites for hydroxylation is 2. The first-order chi connectivity index (χ1) is 12.0. The van der Waals surface area contributed by atoms with Gasteiger partial charge in [0.1, 0.15) is 5.82 Å². The number of nitrogens with two attached hydrogens (primary N) is 1. The number of rotatable bonds is 4. The number of nitrogen functional groups attached to an aromatic ring is 1. The van der Waals surface area contributed by atoms with E-state index in [1.807, 2.05) is 32.0 Å². The van der Waals surface area contributed by atoms with Gasteiger partial charge in [-0.1, -0.05) is 30.3 Å². The van der Waals surface area contributed by atoms with Gasteiger partial charge in [-0.25, -0.2) is 4.39 Å². The Kier molecular flexibility index (Phi) is 4.47. The number of amides is 1. The lowest BCUT2D eigenvalue weighted by Crippen LogP contribution is -2.17. The third kappa shape index (κ3) is 3.21. The second-order valence-electron chi connectivity index (χ2n) is 5.63. The van der Waals surface area contributed by atoms with E-state index in [9.17, 15) is 9.18 Å². The molecule has 6 nitrogen and oxygen atoms in total. The molecule has 0 aliphatic rings. The summed E-state index contributed by atoms with van der Waals surface area (Å²) in [6.07, 6.45) is 0.787. The predicted molar refractivity (Wildman–Crippen MR) is 94.2 cm³/mol. The molecule has 1 heterocycles. The molecule has 7 heteroatoms. The van der Waals surface area contributed by atoms with Crippen LogP contribution in [-0.2, 0) is 6.42 Å². The molecule has 2 aromatic carbocycles. The molecular formula is C18H18FN5O. The molecule has 0 aliphatic heterocycles. The van der Waals surface area contributed by atoms with Gasteiger partial charge in [0.25, 0.3) is 5.91 Å². The Labute approximate surface area is 144 Å². The minimum Gasteiger partial charge on any atom is -0.382 e. The molecule has 0 saturated carbocycles. The normalized spacial score (nSPS) is 10.7. The Morgan fingerprint density at radius 3 is 2.64 bits per heavy atom. The molecule has 0 aliphatic carbocycles. The van der Waals surface area contributed by atoms with E-state index in [2.05, 4.69) is 15.6 Å². The van der Waals surface area contributed by atoms with Crippen molar-refractivity contribution in [3.8, 4) is 5.69 Å². The first-order valence-corrected chi connectivity index (χ1v) is 7.88. The molecule has 1 amide bonds. The van der Waals surface area contributed by atoms with E-state index < -0.39 is 5.91 Å². The summed E-state index contributed by atoms with van der Waals surface area (Å²) in [7, 11) is 0. The average Bonchev–Trinajstić information content (AvgIpc) is 2.99. The maximum absolute atomic E-state index is 13.0. The van der Waals surface area contributed by atoms with Crippen LogP contribution in [0.1, 0.15) is 28.5 Å². The molecule has 0 unspecified atom stereocenters. The molecule has 0 bridgehead atoms. The van der Waals surface area contributed by atoms with Crippen molar-refractivity contribution in [2.24, 2.45) is 0 Å². The van der Waals surface area contributed by atoms with Crippen molar-refractivity contribution in [3.05, 3.63) is 65.1 Å². The largest absolute Gasteiger partial charge is 0.382 e. The Morgan fingerprint density at radius 1 is 1.24 bits per heavy atom. The number of nitrogens with zero attached hydrogens (tertiary/aromatic N) is 3. The van der Waals surface area contributed by atoms with E-state index >= 15 is 0 Å². The van der Waals surface area contributed by atoms with Gasteiger partial charge in [-0.15, -0.1) is 5.10 Å². The smallest absolute Gasteiger partial charge is 0.280 e. The molecule has 1 aromatic heterocycles. The summed E-state index contributed by atoms with van der Waals surface area (Å²) in [5, 5.41) is 10.6. The maximum atomic E-state index is 13.0. The van der Waals surface area contributed by atoms with Crippen molar-refractivity contribution in [1.82, 2.24) is 15.0 Å². The van der Waals surface area contributed by atoms with Gasteiger partial charge in [-0.05, 0) is 48.7 Å². The number of para-hydroxylation sites is 1. The highest BCUT2D eigenvalue weighted by atomic mass is 19.1. The summed E-state index contributed by atoms with van der Waals surface area (Å²) >= 11 is 0. The molecule has 25 heavy (non-hydrogen) atoms. The number of anilines is 2. The van der Waals surface area contributed by atoms with Crippen LogP contribution < -0.4 is 11.1 Å². The van der Waals surface area contributed by atoms with Gasteiger partial charge >= 0.3 is 0 Å². The van der Waals surface area contributed by atoms with Crippen molar-refractivity contribution in [3.63, 3.8) is 0 Å². The number of aromatic nitrogens is 3. The second kappa shape index (κ2) is 6.72. The van der Waals surface area contributed by atoms with E-state index in [1.54, 1.807) is 0 Å². The SMILES string of the molecule is CCc1cccc(C)c1NC(=O)c1nnn(-c2ccc(F)cc2)c1N. The zero-order valence-corrected chi connectivity index (χ0v) is 14.0. The second-order valence-corrected chi connectivity index (χ2v) is 5.63. The minimum absolute atomic E-state index is 0.0228. The molecule has 0 atom stereocenters. The predicted octanol–water partition coefficient (Wildman–Crippen LogP) is 3.11. The third-order valence-corrected chi connectivity index (χ3v) is 3.97. The molecule has 3 N–H and O–H groups in total. The number of halogens is 1. The third-order valence-electron chi connectivity index (χ3n) is 3.97. The zero-order chi connectivity index (χ0) is 18.0. The number of benzene rings is 2. The highest BCUT2D eigenvalue weighted by Gasteiger charge is 2.20. The van der Waals surface area contributed by atoms with Gasteiger partial charge in [-0.2, -0.15) is 4.68 Å². The Hall–Kier alpha value is -3.22. The Balaban J connectivity index is 1.91. The molecule has 0 fully saturated rings. The summed E-state index contributed by atoms with van der Waals surface area (Å²) in [5.74, 6) is -0.711. The van der Waals surface area contributed by atoms with Crippen molar-refractivity contribution < 1.29 is 9.18 Å². The highest BCUT2D eigenvalue weighted by Crippen LogP contribution is 2.23. The Morgan fingerprint density at radius 2 is 1.96 bits per heavy atom. The molecule has 0 radical (unpaired) electrons. The van der Waals surface area contributed by atoms with Crippen LogP contribution in [0, 0.1) is 12.7 Å². The van der Waals surface area contributed by atoms with Crippen LogP contribution in [0.3, 0.4) is 0 Å². The van der Waals surface area contributed by atoms with Gasteiger partial charge in [0.05, 0.1) is 5.69 Å². The van der Waals surface area contributed by atoms with E-state index in [0.29, 0.717) is 5.69 Å². The minimum atomic E-state index is -0.435. The number of hydrogen-bond acceptors (Lipinski definition) is 4. The van der Waals surface area contributed by atoms with E-state index in [1.165, 1.54) is 28.9 Å². The summed E-state index contributed by atoms with van der Waals surface area (Å²) in [4.78, 5) is 12.6. The van der Waals surface area contributed by atoms with Crippen molar-refractivity contribution in [1.29, 1.82) is 0 Å². The lowest BCUT2D eigenvalue weighted by Gasteiger charge is -2.12. The highest BCUT2D eigenvalue weighted by molar-refractivity contribution is 6.06. The number of carbonyl (C=O) groups is 1. The summed E-state index contributed by atoms with van der Waals surface area (Å²) in [5.41, 5.74) is 9.30. The van der Waals surface area contributed by atoms with E-state index in [0.717, 1.165) is 23.2 Å². The molecule has 0 saturated heterocycles. The van der Waals surface area contributed by atoms with Gasteiger partial charge < -0.3 is 11.1 Å². The van der Waals surface area contributed by atoms with Crippen LogP contribution >= 0.6 is 0 Å². The molecule has 3 aromatic rings. The van der Waals surface area contributed by atoms with Gasteiger partial charge in [-0.3, -0.25) is 4.79 Å². The van der Waals surface area contributed by atoms with Crippen LogP contribution in [0.15, 0.2) is 42.5 Å². The number of hydrogen-bond donors (Lipinski definition) is 2. The lowest BCUT2D eigenvalue weighted by molar-refractivity contribution is 0.102. The van der Waals surface area contributed by atoms with E-state index in [-0.39, 0.29) is 17.3 Å². The van der Waals surface area contributed by atoms with Gasteiger partial charge in [0.15, 0.2) is 11.5 Å². The number of nitrogens with one attached hydrogen (secondary N) is 1. The molecule has 128 valence electrons. The van der Waals surface area contributed by atoms with Crippen LogP contribution in [0.5, 0.6) is 0 Å². The maximum Gasteiger partial charge on any atom is 0.280 e. The Bertz CT molecular complexity index is 918. The van der Waals surface area contributed by atoms with Crippen LogP contribution in [0.4, 0.5) is 15.9 Å². The monoisotopic (exact) mass is 339 g/mol. The molecule has 3 rings (SSSR count). The summed E-state index contributed by atoms with van der Waals surface area (Å²) < 4.78 is 14.3. The summed E-state index contributed by atoms with van der Waals surface area (Å²) in [6, 6.07) is 11.4. The van der Waals surface area contributed by atoms with Crippen molar-refractivity contribution >= 4 is 17.4 Å². The standard InChI is InChI=1S/C18H18FN5O/c1-3-12-6-4-5-11(2)15(12)21-18(25)16-17(20)24(23-22-16)14-9-7-13(19)8-10-14/h4-10H,3,20H2,1-2H3,(H,21,25). The summed E-state index contributed by atoms with van der Waals surface area (Å²) in [6.45, 7) is 3.94. The first kappa shape index (κ1) is 16.6. The van der Waals surface area contributed by atoms with Crippen molar-refractivity contribution in [2.75, 3.05) is 11.1 Å². The fourth-order valence-corrected chi connectivity index (χ4v) is 2.60.